The van der Waals surface area contributed by atoms with Crippen molar-refractivity contribution < 1.29 is 19.1 Å². The van der Waals surface area contributed by atoms with E-state index in [1.165, 1.54) is 0 Å². The Labute approximate surface area is 153 Å². The largest absolute Gasteiger partial charge is 0.376 e. The molecular weight excluding hydrogens is 336 g/mol. The Morgan fingerprint density at radius 3 is 2.50 bits per heavy atom. The average Bonchev–Trinajstić information content (AvgIpc) is 3.15. The summed E-state index contributed by atoms with van der Waals surface area (Å²) in [5.74, 6) is -0.132. The van der Waals surface area contributed by atoms with Crippen LogP contribution in [0.15, 0.2) is 24.3 Å². The Balaban J connectivity index is 1.45. The van der Waals surface area contributed by atoms with E-state index in [0.717, 1.165) is 19.4 Å². The highest BCUT2D eigenvalue weighted by atomic mass is 16.5. The van der Waals surface area contributed by atoms with Crippen LogP contribution in [0.2, 0.25) is 0 Å². The quantitative estimate of drug-likeness (QED) is 0.633. The van der Waals surface area contributed by atoms with E-state index in [1.807, 2.05) is 6.92 Å². The molecule has 0 aromatic heterocycles. The first-order valence-corrected chi connectivity index (χ1v) is 9.04. The molecule has 1 aromatic carbocycles. The van der Waals surface area contributed by atoms with Crippen LogP contribution in [-0.2, 0) is 14.3 Å². The predicted molar refractivity (Wildman–Crippen MR) is 98.3 cm³/mol. The third-order valence-corrected chi connectivity index (χ3v) is 4.52. The molecule has 0 radical (unpaired) electrons. The van der Waals surface area contributed by atoms with Gasteiger partial charge in [-0.25, -0.2) is 4.79 Å². The van der Waals surface area contributed by atoms with E-state index in [0.29, 0.717) is 31.1 Å². The third kappa shape index (κ3) is 5.17. The maximum absolute atomic E-state index is 12.3. The van der Waals surface area contributed by atoms with Crippen molar-refractivity contribution in [3.05, 3.63) is 24.3 Å². The van der Waals surface area contributed by atoms with Crippen molar-refractivity contribution in [3.8, 4) is 0 Å². The van der Waals surface area contributed by atoms with E-state index in [2.05, 4.69) is 21.3 Å². The highest BCUT2D eigenvalue weighted by Gasteiger charge is 2.28. The Morgan fingerprint density at radius 1 is 1.12 bits per heavy atom. The maximum Gasteiger partial charge on any atom is 0.319 e. The summed E-state index contributed by atoms with van der Waals surface area (Å²) in [6, 6.07) is 6.36. The van der Waals surface area contributed by atoms with Gasteiger partial charge in [0.05, 0.1) is 18.8 Å². The molecule has 4 N–H and O–H groups in total. The average molecular weight is 362 g/mol. The molecule has 8 heteroatoms. The van der Waals surface area contributed by atoms with Gasteiger partial charge in [0.1, 0.15) is 6.04 Å². The number of hydrogen-bond donors (Lipinski definition) is 4. The van der Waals surface area contributed by atoms with Crippen molar-refractivity contribution in [1.82, 2.24) is 10.6 Å². The summed E-state index contributed by atoms with van der Waals surface area (Å²) in [7, 11) is 0. The van der Waals surface area contributed by atoms with E-state index < -0.39 is 0 Å². The minimum Gasteiger partial charge on any atom is -0.376 e. The molecule has 2 aliphatic rings. The molecule has 0 bridgehead atoms. The molecule has 3 rings (SSSR count). The first-order chi connectivity index (χ1) is 12.6. The van der Waals surface area contributed by atoms with Crippen LogP contribution in [-0.4, -0.2) is 56.5 Å². The molecule has 3 amide bonds. The van der Waals surface area contributed by atoms with Gasteiger partial charge in [0.2, 0.25) is 5.91 Å². The summed E-state index contributed by atoms with van der Waals surface area (Å²) in [6.07, 6.45) is 1.96. The minimum atomic E-state index is -0.370. The van der Waals surface area contributed by atoms with Crippen LogP contribution in [0.3, 0.4) is 0 Å². The van der Waals surface area contributed by atoms with E-state index in [-0.39, 0.29) is 30.2 Å². The number of urea groups is 1. The number of anilines is 2. The summed E-state index contributed by atoms with van der Waals surface area (Å²) in [5, 5.41) is 11.6. The molecular formula is C18H26N4O4. The van der Waals surface area contributed by atoms with Gasteiger partial charge in [-0.3, -0.25) is 4.79 Å². The first-order valence-electron chi connectivity index (χ1n) is 9.04. The number of morpholine rings is 1. The molecule has 3 atom stereocenters. The fourth-order valence-corrected chi connectivity index (χ4v) is 3.07. The third-order valence-electron chi connectivity index (χ3n) is 4.52. The number of carbonyl (C=O) groups excluding carboxylic acids is 2. The Bertz CT molecular complexity index is 616. The van der Waals surface area contributed by atoms with Gasteiger partial charge in [-0.05, 0) is 44.0 Å². The molecule has 2 saturated heterocycles. The summed E-state index contributed by atoms with van der Waals surface area (Å²) < 4.78 is 11.0. The van der Waals surface area contributed by atoms with Crippen molar-refractivity contribution in [1.29, 1.82) is 0 Å². The fraction of sp³-hybridized carbons (Fsp3) is 0.556. The summed E-state index contributed by atoms with van der Waals surface area (Å²) >= 11 is 0. The van der Waals surface area contributed by atoms with Gasteiger partial charge < -0.3 is 30.7 Å². The topological polar surface area (TPSA) is 101 Å². The van der Waals surface area contributed by atoms with Crippen molar-refractivity contribution in [2.24, 2.45) is 0 Å². The van der Waals surface area contributed by atoms with Crippen molar-refractivity contribution >= 4 is 23.3 Å². The SMILES string of the molecule is C[C@H]1OCCN[C@@H]1C(=O)Nc1ccc(NC(=O)NCC2CCCO2)cc1. The van der Waals surface area contributed by atoms with E-state index in [1.54, 1.807) is 24.3 Å². The maximum atomic E-state index is 12.3. The van der Waals surface area contributed by atoms with Crippen LogP contribution in [0, 0.1) is 0 Å². The number of nitrogens with one attached hydrogen (secondary N) is 4. The molecule has 2 fully saturated rings. The standard InChI is InChI=1S/C18H26N4O4/c1-12-16(19-8-10-25-12)17(23)21-13-4-6-14(7-5-13)22-18(24)20-11-15-3-2-9-26-15/h4-7,12,15-16,19H,2-3,8-11H2,1H3,(H,21,23)(H2,20,22,24)/t12-,15?,16+/m1/s1. The Hall–Kier alpha value is -2.16. The van der Waals surface area contributed by atoms with Gasteiger partial charge in [0.15, 0.2) is 0 Å². The van der Waals surface area contributed by atoms with Crippen molar-refractivity contribution in [2.75, 3.05) is 36.9 Å². The lowest BCUT2D eigenvalue weighted by Crippen LogP contribution is -2.53. The summed E-state index contributed by atoms with van der Waals surface area (Å²) in [5.41, 5.74) is 1.32. The smallest absolute Gasteiger partial charge is 0.319 e. The van der Waals surface area contributed by atoms with Crippen LogP contribution in [0.25, 0.3) is 0 Å². The highest BCUT2D eigenvalue weighted by molar-refractivity contribution is 5.96. The summed E-state index contributed by atoms with van der Waals surface area (Å²) in [6.45, 7) is 4.42. The molecule has 0 saturated carbocycles. The van der Waals surface area contributed by atoms with Crippen LogP contribution in [0.4, 0.5) is 16.2 Å². The summed E-state index contributed by atoms with van der Waals surface area (Å²) in [4.78, 5) is 24.2. The zero-order valence-corrected chi connectivity index (χ0v) is 14.9. The molecule has 0 spiro atoms. The Morgan fingerprint density at radius 2 is 1.85 bits per heavy atom. The molecule has 2 heterocycles. The number of benzene rings is 1. The molecule has 0 aliphatic carbocycles. The van der Waals surface area contributed by atoms with Crippen LogP contribution < -0.4 is 21.3 Å². The molecule has 8 nitrogen and oxygen atoms in total. The lowest BCUT2D eigenvalue weighted by molar-refractivity contribution is -0.123. The number of ether oxygens (including phenoxy) is 2. The number of hydrogen-bond acceptors (Lipinski definition) is 5. The minimum absolute atomic E-state index is 0.109. The molecule has 1 aromatic rings. The van der Waals surface area contributed by atoms with Gasteiger partial charge in [0, 0.05) is 31.1 Å². The van der Waals surface area contributed by atoms with E-state index in [4.69, 9.17) is 9.47 Å². The number of carbonyl (C=O) groups is 2. The number of amides is 3. The van der Waals surface area contributed by atoms with Crippen LogP contribution in [0.1, 0.15) is 19.8 Å². The predicted octanol–water partition coefficient (Wildman–Crippen LogP) is 1.30. The molecule has 2 aliphatic heterocycles. The van der Waals surface area contributed by atoms with Gasteiger partial charge in [-0.15, -0.1) is 0 Å². The molecule has 142 valence electrons. The zero-order valence-electron chi connectivity index (χ0n) is 14.9. The van der Waals surface area contributed by atoms with E-state index >= 15 is 0 Å². The lowest BCUT2D eigenvalue weighted by atomic mass is 10.1. The zero-order chi connectivity index (χ0) is 18.4. The van der Waals surface area contributed by atoms with Crippen molar-refractivity contribution in [2.45, 2.75) is 38.0 Å². The fourth-order valence-electron chi connectivity index (χ4n) is 3.07. The van der Waals surface area contributed by atoms with Gasteiger partial charge in [-0.2, -0.15) is 0 Å². The lowest BCUT2D eigenvalue weighted by Gasteiger charge is -2.29. The number of rotatable bonds is 5. The van der Waals surface area contributed by atoms with Gasteiger partial charge in [-0.1, -0.05) is 0 Å². The second kappa shape index (κ2) is 8.98. The first kappa shape index (κ1) is 18.6. The Kier molecular flexibility index (Phi) is 6.43. The van der Waals surface area contributed by atoms with Gasteiger partial charge in [0.25, 0.3) is 0 Å². The monoisotopic (exact) mass is 362 g/mol. The normalized spacial score (nSPS) is 25.5. The van der Waals surface area contributed by atoms with Crippen molar-refractivity contribution in [3.63, 3.8) is 0 Å². The molecule has 26 heavy (non-hydrogen) atoms. The van der Waals surface area contributed by atoms with Crippen LogP contribution in [0.5, 0.6) is 0 Å². The second-order valence-corrected chi connectivity index (χ2v) is 6.54. The van der Waals surface area contributed by atoms with Gasteiger partial charge >= 0.3 is 6.03 Å². The highest BCUT2D eigenvalue weighted by Crippen LogP contribution is 2.15. The second-order valence-electron chi connectivity index (χ2n) is 6.54. The molecule has 1 unspecified atom stereocenters. The van der Waals surface area contributed by atoms with Crippen LogP contribution >= 0.6 is 0 Å². The van der Waals surface area contributed by atoms with E-state index in [9.17, 15) is 9.59 Å².